The highest BCUT2D eigenvalue weighted by molar-refractivity contribution is 5.67. The fourth-order valence-electron chi connectivity index (χ4n) is 7.00. The topological polar surface area (TPSA) is 3.24 Å². The Bertz CT molecular complexity index is 972. The monoisotopic (exact) mass is 455 g/mol. The first-order valence-electron chi connectivity index (χ1n) is 13.5. The van der Waals surface area contributed by atoms with Crippen LogP contribution in [0.25, 0.3) is 5.57 Å². The molecule has 34 heavy (non-hydrogen) atoms. The van der Waals surface area contributed by atoms with E-state index in [1.54, 1.807) is 0 Å². The zero-order chi connectivity index (χ0) is 24.3. The van der Waals surface area contributed by atoms with E-state index in [-0.39, 0.29) is 11.1 Å². The van der Waals surface area contributed by atoms with E-state index in [1.165, 1.54) is 53.5 Å². The molecule has 1 saturated heterocycles. The second-order valence-corrected chi connectivity index (χ2v) is 11.9. The van der Waals surface area contributed by atoms with Crippen LogP contribution in [0.5, 0.6) is 0 Å². The van der Waals surface area contributed by atoms with Crippen molar-refractivity contribution in [1.29, 1.82) is 0 Å². The van der Waals surface area contributed by atoms with E-state index in [9.17, 15) is 0 Å². The van der Waals surface area contributed by atoms with Gasteiger partial charge in [0.15, 0.2) is 0 Å². The second-order valence-electron chi connectivity index (χ2n) is 11.9. The minimum absolute atomic E-state index is 0.241. The SMILES string of the molecule is C=CCCc1ccc(C2CC=C(c3ccc(C4CC(C)(C)N(CC)C(C)(C)C4)cc3)CC2)cc1. The molecule has 0 saturated carbocycles. The minimum atomic E-state index is 0.241. The van der Waals surface area contributed by atoms with Crippen molar-refractivity contribution >= 4 is 5.57 Å². The Labute approximate surface area is 209 Å². The summed E-state index contributed by atoms with van der Waals surface area (Å²) in [5.41, 5.74) is 7.87. The molecule has 0 N–H and O–H groups in total. The number of benzene rings is 2. The Morgan fingerprint density at radius 1 is 0.882 bits per heavy atom. The summed E-state index contributed by atoms with van der Waals surface area (Å²) < 4.78 is 0. The van der Waals surface area contributed by atoms with Crippen molar-refractivity contribution in [3.63, 3.8) is 0 Å². The van der Waals surface area contributed by atoms with Crippen LogP contribution in [0.4, 0.5) is 0 Å². The van der Waals surface area contributed by atoms with Crippen molar-refractivity contribution < 1.29 is 0 Å². The summed E-state index contributed by atoms with van der Waals surface area (Å²) in [5.74, 6) is 1.30. The van der Waals surface area contributed by atoms with Crippen LogP contribution in [0.15, 0.2) is 67.3 Å². The van der Waals surface area contributed by atoms with E-state index in [1.807, 2.05) is 6.08 Å². The summed E-state index contributed by atoms with van der Waals surface area (Å²) in [5, 5.41) is 0. The molecule has 0 radical (unpaired) electrons. The van der Waals surface area contributed by atoms with Crippen molar-refractivity contribution in [3.05, 3.63) is 89.5 Å². The summed E-state index contributed by atoms with van der Waals surface area (Å²) in [6.07, 6.45) is 12.7. The lowest BCUT2D eigenvalue weighted by Crippen LogP contribution is -2.59. The van der Waals surface area contributed by atoms with Gasteiger partial charge >= 0.3 is 0 Å². The molecule has 1 aliphatic heterocycles. The first-order chi connectivity index (χ1) is 16.2. The second kappa shape index (κ2) is 10.2. The molecule has 1 atom stereocenters. The Morgan fingerprint density at radius 3 is 2.00 bits per heavy atom. The van der Waals surface area contributed by atoms with Gasteiger partial charge in [-0.25, -0.2) is 0 Å². The van der Waals surface area contributed by atoms with Crippen molar-refractivity contribution in [1.82, 2.24) is 4.90 Å². The van der Waals surface area contributed by atoms with Crippen LogP contribution in [0, 0.1) is 0 Å². The fraction of sp³-hybridized carbons (Fsp3) is 0.515. The summed E-state index contributed by atoms with van der Waals surface area (Å²) in [4.78, 5) is 2.70. The number of aryl methyl sites for hydroxylation is 1. The van der Waals surface area contributed by atoms with E-state index in [2.05, 4.69) is 101 Å². The summed E-state index contributed by atoms with van der Waals surface area (Å²) in [6, 6.07) is 18.9. The smallest absolute Gasteiger partial charge is 0.0164 e. The molecule has 1 fully saturated rings. The van der Waals surface area contributed by atoms with Gasteiger partial charge in [0.05, 0.1) is 0 Å². The number of likely N-dealkylation sites (tertiary alicyclic amines) is 1. The molecule has 1 nitrogen and oxygen atoms in total. The maximum atomic E-state index is 3.84. The molecule has 2 aromatic rings. The van der Waals surface area contributed by atoms with Gasteiger partial charge in [0.2, 0.25) is 0 Å². The van der Waals surface area contributed by atoms with Gasteiger partial charge in [-0.15, -0.1) is 6.58 Å². The maximum absolute atomic E-state index is 3.84. The zero-order valence-corrected chi connectivity index (χ0v) is 22.2. The van der Waals surface area contributed by atoms with Gasteiger partial charge in [-0.2, -0.15) is 0 Å². The molecule has 0 spiro atoms. The lowest BCUT2D eigenvalue weighted by molar-refractivity contribution is -0.0316. The van der Waals surface area contributed by atoms with Crippen LogP contribution in [0.3, 0.4) is 0 Å². The van der Waals surface area contributed by atoms with E-state index in [4.69, 9.17) is 0 Å². The van der Waals surface area contributed by atoms with Gasteiger partial charge in [-0.1, -0.05) is 67.6 Å². The van der Waals surface area contributed by atoms with E-state index < -0.39 is 0 Å². The summed E-state index contributed by atoms with van der Waals surface area (Å²) >= 11 is 0. The molecule has 1 unspecified atom stereocenters. The number of allylic oxidation sites excluding steroid dienone is 3. The van der Waals surface area contributed by atoms with E-state index in [0.29, 0.717) is 11.8 Å². The average Bonchev–Trinajstić information content (AvgIpc) is 2.82. The van der Waals surface area contributed by atoms with Crippen molar-refractivity contribution in [2.45, 2.75) is 102 Å². The first-order valence-corrected chi connectivity index (χ1v) is 13.5. The lowest BCUT2D eigenvalue weighted by atomic mass is 9.71. The highest BCUT2D eigenvalue weighted by Crippen LogP contribution is 2.45. The molecule has 4 rings (SSSR count). The molecule has 0 bridgehead atoms. The minimum Gasteiger partial charge on any atom is -0.293 e. The van der Waals surface area contributed by atoms with Crippen LogP contribution in [-0.2, 0) is 6.42 Å². The predicted molar refractivity (Wildman–Crippen MR) is 148 cm³/mol. The number of hydrogen-bond donors (Lipinski definition) is 0. The first kappa shape index (κ1) is 25.0. The van der Waals surface area contributed by atoms with Crippen LogP contribution >= 0.6 is 0 Å². The fourth-order valence-corrected chi connectivity index (χ4v) is 7.00. The highest BCUT2D eigenvalue weighted by atomic mass is 15.3. The molecular formula is C33H45N. The Morgan fingerprint density at radius 2 is 1.47 bits per heavy atom. The number of hydrogen-bond acceptors (Lipinski definition) is 1. The Hall–Kier alpha value is -2.12. The quantitative estimate of drug-likeness (QED) is 0.377. The van der Waals surface area contributed by atoms with Gasteiger partial charge in [0, 0.05) is 11.1 Å². The summed E-state index contributed by atoms with van der Waals surface area (Å²) in [6.45, 7) is 17.0. The van der Waals surface area contributed by atoms with E-state index >= 15 is 0 Å². The standard InChI is InChI=1S/C33H45N/c1-7-9-10-25-11-13-26(14-12-25)27-15-17-28(18-16-27)29-19-21-30(22-20-29)31-23-32(3,4)34(8-2)33(5,6)24-31/h7,11-14,17,19-22,27,31H,1,8-10,15-16,18,23-24H2,2-6H3. The number of piperidine rings is 1. The van der Waals surface area contributed by atoms with Gasteiger partial charge in [0.1, 0.15) is 0 Å². The van der Waals surface area contributed by atoms with Gasteiger partial charge < -0.3 is 0 Å². The molecule has 0 aromatic heterocycles. The molecule has 0 amide bonds. The largest absolute Gasteiger partial charge is 0.293 e. The number of nitrogens with zero attached hydrogens (tertiary/aromatic N) is 1. The van der Waals surface area contributed by atoms with Gasteiger partial charge in [0.25, 0.3) is 0 Å². The zero-order valence-electron chi connectivity index (χ0n) is 22.2. The van der Waals surface area contributed by atoms with Crippen LogP contribution in [-0.4, -0.2) is 22.5 Å². The molecule has 1 heteroatoms. The molecule has 2 aromatic carbocycles. The average molecular weight is 456 g/mol. The van der Waals surface area contributed by atoms with Crippen molar-refractivity contribution in [2.24, 2.45) is 0 Å². The third kappa shape index (κ3) is 5.41. The Balaban J connectivity index is 1.41. The van der Waals surface area contributed by atoms with Crippen molar-refractivity contribution in [2.75, 3.05) is 6.54 Å². The maximum Gasteiger partial charge on any atom is 0.0164 e. The number of rotatable bonds is 7. The van der Waals surface area contributed by atoms with Gasteiger partial charge in [-0.05, 0) is 119 Å². The van der Waals surface area contributed by atoms with Crippen LogP contribution in [0.2, 0.25) is 0 Å². The molecule has 182 valence electrons. The molecule has 1 aliphatic carbocycles. The third-order valence-corrected chi connectivity index (χ3v) is 8.52. The third-order valence-electron chi connectivity index (χ3n) is 8.52. The van der Waals surface area contributed by atoms with E-state index in [0.717, 1.165) is 25.8 Å². The van der Waals surface area contributed by atoms with Crippen LogP contribution in [0.1, 0.15) is 107 Å². The summed E-state index contributed by atoms with van der Waals surface area (Å²) in [7, 11) is 0. The Kier molecular flexibility index (Phi) is 7.53. The van der Waals surface area contributed by atoms with Crippen LogP contribution < -0.4 is 0 Å². The van der Waals surface area contributed by atoms with Crippen molar-refractivity contribution in [3.8, 4) is 0 Å². The lowest BCUT2D eigenvalue weighted by Gasteiger charge is -2.55. The highest BCUT2D eigenvalue weighted by Gasteiger charge is 2.44. The van der Waals surface area contributed by atoms with Gasteiger partial charge in [-0.3, -0.25) is 4.90 Å². The molecule has 2 aliphatic rings. The predicted octanol–water partition coefficient (Wildman–Crippen LogP) is 8.91. The molecule has 1 heterocycles. The normalized spacial score (nSPS) is 22.9. The molecular weight excluding hydrogens is 410 g/mol.